The number of rotatable bonds is 0. The molecule has 0 spiro atoms. The molecule has 2 rings (SSSR count). The number of benzene rings is 1. The summed E-state index contributed by atoms with van der Waals surface area (Å²) in [6.07, 6.45) is -0.698. The molecular weight excluding hydrogens is 180 g/mol. The SMILES string of the molecule is N#Cc1ccc2c(c1)C(N)C(O)CO2. The number of hydrogen-bond acceptors (Lipinski definition) is 4. The second kappa shape index (κ2) is 3.29. The molecule has 0 aliphatic carbocycles. The van der Waals surface area contributed by atoms with E-state index in [1.165, 1.54) is 0 Å². The molecule has 14 heavy (non-hydrogen) atoms. The lowest BCUT2D eigenvalue weighted by Crippen LogP contribution is -2.35. The van der Waals surface area contributed by atoms with E-state index in [2.05, 4.69) is 0 Å². The Balaban J connectivity index is 2.47. The van der Waals surface area contributed by atoms with Crippen molar-refractivity contribution in [3.8, 4) is 11.8 Å². The van der Waals surface area contributed by atoms with Gasteiger partial charge in [0.05, 0.1) is 17.7 Å². The molecule has 0 aromatic heterocycles. The van der Waals surface area contributed by atoms with E-state index in [0.29, 0.717) is 16.9 Å². The molecule has 0 saturated heterocycles. The van der Waals surface area contributed by atoms with Gasteiger partial charge in [0.15, 0.2) is 0 Å². The van der Waals surface area contributed by atoms with Crippen LogP contribution in [0.4, 0.5) is 0 Å². The topological polar surface area (TPSA) is 79.3 Å². The van der Waals surface area contributed by atoms with Crippen molar-refractivity contribution in [2.24, 2.45) is 5.73 Å². The summed E-state index contributed by atoms with van der Waals surface area (Å²) in [6.45, 7) is 0.208. The molecule has 0 amide bonds. The zero-order valence-electron chi connectivity index (χ0n) is 7.47. The van der Waals surface area contributed by atoms with Crippen molar-refractivity contribution in [1.29, 1.82) is 5.26 Å². The number of ether oxygens (including phenoxy) is 1. The number of nitrogens with two attached hydrogens (primary N) is 1. The van der Waals surface area contributed by atoms with Crippen LogP contribution < -0.4 is 10.5 Å². The van der Waals surface area contributed by atoms with Crippen molar-refractivity contribution in [3.63, 3.8) is 0 Å². The van der Waals surface area contributed by atoms with Crippen molar-refractivity contribution in [3.05, 3.63) is 29.3 Å². The minimum atomic E-state index is -0.698. The maximum atomic E-state index is 9.46. The molecule has 0 fully saturated rings. The molecule has 0 bridgehead atoms. The van der Waals surface area contributed by atoms with Crippen LogP contribution in [0.2, 0.25) is 0 Å². The van der Waals surface area contributed by atoms with Gasteiger partial charge in [0.25, 0.3) is 0 Å². The monoisotopic (exact) mass is 190 g/mol. The molecule has 1 aliphatic heterocycles. The van der Waals surface area contributed by atoms with E-state index >= 15 is 0 Å². The van der Waals surface area contributed by atoms with Gasteiger partial charge in [0.1, 0.15) is 18.5 Å². The lowest BCUT2D eigenvalue weighted by molar-refractivity contribution is 0.0678. The highest BCUT2D eigenvalue weighted by Gasteiger charge is 2.26. The lowest BCUT2D eigenvalue weighted by Gasteiger charge is -2.27. The zero-order valence-corrected chi connectivity index (χ0v) is 7.47. The Hall–Kier alpha value is -1.57. The van der Waals surface area contributed by atoms with Gasteiger partial charge in [0.2, 0.25) is 0 Å². The van der Waals surface area contributed by atoms with E-state index in [1.54, 1.807) is 18.2 Å². The quantitative estimate of drug-likeness (QED) is 0.617. The average molecular weight is 190 g/mol. The van der Waals surface area contributed by atoms with Crippen molar-refractivity contribution in [2.45, 2.75) is 12.1 Å². The van der Waals surface area contributed by atoms with Crippen LogP contribution in [0.15, 0.2) is 18.2 Å². The van der Waals surface area contributed by atoms with E-state index in [9.17, 15) is 5.11 Å². The largest absolute Gasteiger partial charge is 0.490 e. The summed E-state index contributed by atoms with van der Waals surface area (Å²) in [7, 11) is 0. The van der Waals surface area contributed by atoms with Gasteiger partial charge in [-0.15, -0.1) is 0 Å². The van der Waals surface area contributed by atoms with E-state index in [0.717, 1.165) is 0 Å². The minimum absolute atomic E-state index is 0.208. The number of aliphatic hydroxyl groups excluding tert-OH is 1. The third-order valence-electron chi connectivity index (χ3n) is 2.32. The fourth-order valence-corrected chi connectivity index (χ4v) is 1.50. The molecular formula is C10H10N2O2. The predicted molar refractivity (Wildman–Crippen MR) is 49.6 cm³/mol. The molecule has 1 aromatic rings. The normalized spacial score (nSPS) is 24.6. The Kier molecular flexibility index (Phi) is 2.12. The van der Waals surface area contributed by atoms with E-state index in [-0.39, 0.29) is 6.61 Å². The maximum Gasteiger partial charge on any atom is 0.124 e. The molecule has 1 aromatic carbocycles. The summed E-state index contributed by atoms with van der Waals surface area (Å²) in [6, 6.07) is 6.59. The van der Waals surface area contributed by atoms with E-state index < -0.39 is 12.1 Å². The number of nitriles is 1. The van der Waals surface area contributed by atoms with E-state index in [4.69, 9.17) is 15.7 Å². The number of nitrogens with zero attached hydrogens (tertiary/aromatic N) is 1. The summed E-state index contributed by atoms with van der Waals surface area (Å²) in [5, 5.41) is 18.2. The van der Waals surface area contributed by atoms with Crippen LogP contribution in [0.1, 0.15) is 17.2 Å². The summed E-state index contributed by atoms with van der Waals surface area (Å²) in [5.74, 6) is 0.654. The Morgan fingerprint density at radius 2 is 2.36 bits per heavy atom. The first-order valence-electron chi connectivity index (χ1n) is 4.33. The molecule has 4 heteroatoms. The van der Waals surface area contributed by atoms with Crippen molar-refractivity contribution >= 4 is 0 Å². The summed E-state index contributed by atoms with van der Waals surface area (Å²) in [4.78, 5) is 0. The number of fused-ring (bicyclic) bond motifs is 1. The van der Waals surface area contributed by atoms with E-state index in [1.807, 2.05) is 6.07 Å². The molecule has 72 valence electrons. The Bertz CT molecular complexity index is 398. The van der Waals surface area contributed by atoms with Gasteiger partial charge in [-0.05, 0) is 18.2 Å². The van der Waals surface area contributed by atoms with Gasteiger partial charge in [-0.2, -0.15) is 5.26 Å². The molecule has 1 heterocycles. The van der Waals surface area contributed by atoms with Gasteiger partial charge in [0, 0.05) is 5.56 Å². The molecule has 0 saturated carbocycles. The van der Waals surface area contributed by atoms with Crippen LogP contribution >= 0.6 is 0 Å². The molecule has 0 radical (unpaired) electrons. The van der Waals surface area contributed by atoms with Gasteiger partial charge in [-0.1, -0.05) is 0 Å². The Morgan fingerprint density at radius 1 is 1.57 bits per heavy atom. The Labute approximate surface area is 81.5 Å². The number of hydrogen-bond donors (Lipinski definition) is 2. The first-order chi connectivity index (χ1) is 6.72. The standard InChI is InChI=1S/C10H10N2O2/c11-4-6-1-2-9-7(3-6)10(12)8(13)5-14-9/h1-3,8,10,13H,5,12H2. The van der Waals surface area contributed by atoms with Gasteiger partial charge >= 0.3 is 0 Å². The molecule has 2 unspecified atom stereocenters. The van der Waals surface area contributed by atoms with Crippen LogP contribution in [-0.2, 0) is 0 Å². The fourth-order valence-electron chi connectivity index (χ4n) is 1.50. The second-order valence-corrected chi connectivity index (χ2v) is 3.27. The number of aliphatic hydroxyl groups is 1. The summed E-state index contributed by atoms with van der Waals surface area (Å²) < 4.78 is 5.27. The summed E-state index contributed by atoms with van der Waals surface area (Å²) >= 11 is 0. The fraction of sp³-hybridized carbons (Fsp3) is 0.300. The van der Waals surface area contributed by atoms with Crippen LogP contribution in [0.5, 0.6) is 5.75 Å². The maximum absolute atomic E-state index is 9.46. The van der Waals surface area contributed by atoms with Crippen molar-refractivity contribution < 1.29 is 9.84 Å². The molecule has 4 nitrogen and oxygen atoms in total. The Morgan fingerprint density at radius 3 is 3.07 bits per heavy atom. The van der Waals surface area contributed by atoms with Crippen LogP contribution in [0, 0.1) is 11.3 Å². The first-order valence-corrected chi connectivity index (χ1v) is 4.33. The first kappa shape index (κ1) is 9.00. The van der Waals surface area contributed by atoms with Gasteiger partial charge in [-0.25, -0.2) is 0 Å². The van der Waals surface area contributed by atoms with Crippen molar-refractivity contribution in [2.75, 3.05) is 6.61 Å². The minimum Gasteiger partial charge on any atom is -0.490 e. The highest BCUT2D eigenvalue weighted by molar-refractivity contribution is 5.45. The summed E-state index contributed by atoms with van der Waals surface area (Å²) in [5.41, 5.74) is 7.00. The zero-order chi connectivity index (χ0) is 10.1. The molecule has 3 N–H and O–H groups in total. The highest BCUT2D eigenvalue weighted by atomic mass is 16.5. The van der Waals surface area contributed by atoms with Crippen LogP contribution in [-0.4, -0.2) is 17.8 Å². The third-order valence-corrected chi connectivity index (χ3v) is 2.32. The van der Waals surface area contributed by atoms with Crippen LogP contribution in [0.25, 0.3) is 0 Å². The third kappa shape index (κ3) is 1.33. The van der Waals surface area contributed by atoms with Gasteiger partial charge in [-0.3, -0.25) is 0 Å². The smallest absolute Gasteiger partial charge is 0.124 e. The van der Waals surface area contributed by atoms with Crippen molar-refractivity contribution in [1.82, 2.24) is 0 Å². The van der Waals surface area contributed by atoms with Gasteiger partial charge < -0.3 is 15.6 Å². The lowest BCUT2D eigenvalue weighted by atomic mass is 9.97. The van der Waals surface area contributed by atoms with Crippen LogP contribution in [0.3, 0.4) is 0 Å². The predicted octanol–water partition coefficient (Wildman–Crippen LogP) is 0.311. The highest BCUT2D eigenvalue weighted by Crippen LogP contribution is 2.31. The second-order valence-electron chi connectivity index (χ2n) is 3.27. The molecule has 1 aliphatic rings. The average Bonchev–Trinajstić information content (AvgIpc) is 2.23. The molecule has 2 atom stereocenters.